The molecule has 5 nitrogen and oxygen atoms in total. The molecule has 0 amide bonds. The first-order chi connectivity index (χ1) is 73.0. The molecule has 0 spiro atoms. The molecular formula is C135H165F6O5S4+3. The van der Waals surface area contributed by atoms with Crippen LogP contribution in [0.25, 0.3) is 0 Å². The highest BCUT2D eigenvalue weighted by Gasteiger charge is 2.77. The first kappa shape index (κ1) is 113. The van der Waals surface area contributed by atoms with Gasteiger partial charge in [0, 0.05) is 6.92 Å². The Balaban J connectivity index is 0.000000130. The number of aryl methyl sites for hydroxylation is 1. The molecule has 0 bridgehead atoms. The lowest BCUT2D eigenvalue weighted by atomic mass is 9.74. The molecule has 9 aliphatic carbocycles. The minimum absolute atomic E-state index is 0.0146. The number of halogens is 6. The van der Waals surface area contributed by atoms with Crippen LogP contribution in [0.4, 0.5) is 26.3 Å². The van der Waals surface area contributed by atoms with Gasteiger partial charge in [0.25, 0.3) is 0 Å². The molecule has 9 saturated carbocycles. The topological polar surface area (TPSA) is 61.8 Å². The summed E-state index contributed by atoms with van der Waals surface area (Å²) in [5, 5.41) is -6.13. The van der Waals surface area contributed by atoms with Crippen molar-refractivity contribution in [2.45, 2.75) is 431 Å². The second-order valence-corrected chi connectivity index (χ2v) is 51.8. The highest BCUT2D eigenvalue weighted by atomic mass is 32.2. The van der Waals surface area contributed by atoms with Gasteiger partial charge >= 0.3 is 27.2 Å². The Bertz CT molecular complexity index is 5560. The van der Waals surface area contributed by atoms with Crippen molar-refractivity contribution >= 4 is 42.8 Å². The molecule has 0 aromatic heterocycles. The van der Waals surface area contributed by atoms with Gasteiger partial charge in [-0.3, -0.25) is 0 Å². The SMILES string of the molecule is CC(F)(F)C(F)(F)C(F)(F)S(=O)(=O)Oc1c(C2CCCCC2)cc(C2CCCCC2)cc1C1CCCCC1.COc1ccc([S+](c2ccc(C)cc2)c2ccc(OC)cc2)cc1.Cc1c(C2CCCCC2)cc(C2CCCCC2)cc1C1CCCCC1.Cc1c(C2CCCCC2)cc(C2CCCCC2)cc1C1CCCCC1.c1ccc([S+](c2ccccc2)c2ccccc2)cc1.c1ccc([S+](c2ccccc2)c2ccccc2)cc1. The average Bonchev–Trinajstić information content (AvgIpc) is 0.729. The molecule has 798 valence electrons. The lowest BCUT2D eigenvalue weighted by Crippen LogP contribution is -2.57. The van der Waals surface area contributed by atoms with Crippen molar-refractivity contribution in [2.24, 2.45) is 0 Å². The van der Waals surface area contributed by atoms with E-state index in [4.69, 9.17) is 13.7 Å². The molecule has 0 heterocycles. The maximum Gasteiger partial charge on any atom is 0.449 e. The van der Waals surface area contributed by atoms with Crippen molar-refractivity contribution in [2.75, 3.05) is 14.2 Å². The minimum Gasteiger partial charge on any atom is -0.497 e. The van der Waals surface area contributed by atoms with Crippen LogP contribution in [-0.4, -0.2) is 39.7 Å². The molecule has 0 unspecified atom stereocenters. The Morgan fingerprint density at radius 3 is 0.620 bits per heavy atom. The number of methoxy groups -OCH3 is 2. The fourth-order valence-electron chi connectivity index (χ4n) is 25.4. The number of hydrogen-bond donors (Lipinski definition) is 0. The molecule has 0 aliphatic heterocycles. The molecule has 0 atom stereocenters. The fraction of sp³-hybridized carbons (Fsp3) is 0.467. The second kappa shape index (κ2) is 56.1. The second-order valence-electron chi connectivity index (χ2n) is 44.2. The zero-order valence-electron chi connectivity index (χ0n) is 90.2. The van der Waals surface area contributed by atoms with Gasteiger partial charge in [-0.15, -0.1) is 0 Å². The summed E-state index contributed by atoms with van der Waals surface area (Å²) in [5.74, 6) is -4.98. The van der Waals surface area contributed by atoms with Crippen LogP contribution in [0.15, 0.2) is 335 Å². The summed E-state index contributed by atoms with van der Waals surface area (Å²) in [4.78, 5) is 12.0. The molecule has 0 radical (unpaired) electrons. The predicted molar refractivity (Wildman–Crippen MR) is 614 cm³/mol. The van der Waals surface area contributed by atoms with E-state index in [2.05, 4.69) is 276 Å². The first-order valence-electron chi connectivity index (χ1n) is 57.4. The van der Waals surface area contributed by atoms with Crippen LogP contribution in [-0.2, 0) is 42.8 Å². The average molecular weight is 2110 g/mol. The van der Waals surface area contributed by atoms with Crippen LogP contribution in [0, 0.1) is 20.8 Å². The van der Waals surface area contributed by atoms with Crippen molar-refractivity contribution in [1.29, 1.82) is 0 Å². The molecule has 0 N–H and O–H groups in total. The summed E-state index contributed by atoms with van der Waals surface area (Å²) < 4.78 is 126. The van der Waals surface area contributed by atoms with E-state index in [0.29, 0.717) is 36.8 Å². The smallest absolute Gasteiger partial charge is 0.449 e. The Morgan fingerprint density at radius 2 is 0.420 bits per heavy atom. The van der Waals surface area contributed by atoms with E-state index in [1.807, 2.05) is 36.4 Å². The summed E-state index contributed by atoms with van der Waals surface area (Å²) in [6.07, 6.45) is 56.9. The summed E-state index contributed by atoms with van der Waals surface area (Å²) in [6, 6.07) is 104. The van der Waals surface area contributed by atoms with E-state index in [-0.39, 0.29) is 56.2 Å². The van der Waals surface area contributed by atoms with E-state index < -0.39 is 34.1 Å². The third-order valence-corrected chi connectivity index (χ3v) is 41.8. The highest BCUT2D eigenvalue weighted by molar-refractivity contribution is 7.97. The van der Waals surface area contributed by atoms with Crippen LogP contribution < -0.4 is 13.7 Å². The monoisotopic (exact) mass is 2110 g/mol. The molecule has 12 aromatic carbocycles. The zero-order valence-corrected chi connectivity index (χ0v) is 93.4. The molecule has 0 saturated heterocycles. The van der Waals surface area contributed by atoms with Crippen LogP contribution in [0.5, 0.6) is 17.2 Å². The summed E-state index contributed by atoms with van der Waals surface area (Å²) in [5.41, 5.74) is 17.1. The fourth-order valence-corrected chi connectivity index (χ4v) is 32.7. The third kappa shape index (κ3) is 29.8. The minimum atomic E-state index is -6.48. The summed E-state index contributed by atoms with van der Waals surface area (Å²) in [7, 11) is -3.28. The maximum atomic E-state index is 14.7. The summed E-state index contributed by atoms with van der Waals surface area (Å²) in [6.45, 7) is 6.63. The Hall–Kier alpha value is -9.38. The van der Waals surface area contributed by atoms with E-state index in [9.17, 15) is 34.8 Å². The third-order valence-electron chi connectivity index (χ3n) is 33.8. The lowest BCUT2D eigenvalue weighted by molar-refractivity contribution is -0.272. The van der Waals surface area contributed by atoms with Crippen LogP contribution in [0.1, 0.15) is 416 Å². The molecule has 12 aromatic rings. The Morgan fingerprint density at radius 1 is 0.240 bits per heavy atom. The number of alkyl halides is 6. The largest absolute Gasteiger partial charge is 0.497 e. The van der Waals surface area contributed by atoms with Gasteiger partial charge < -0.3 is 13.7 Å². The molecule has 150 heavy (non-hydrogen) atoms. The molecule has 15 heteroatoms. The van der Waals surface area contributed by atoms with Crippen molar-refractivity contribution in [3.8, 4) is 17.2 Å². The van der Waals surface area contributed by atoms with Gasteiger partial charge in [-0.25, -0.2) is 0 Å². The van der Waals surface area contributed by atoms with Gasteiger partial charge in [0.15, 0.2) is 44.1 Å². The standard InChI is InChI=1S/C28H38F6O3S.2C25H38.C21H21O2S.2C18H15S/c1-26(29,30)27(31,32)28(33,34)38(35,36)37-25-23(20-13-7-3-8-14-20)17-22(19-11-5-2-6-12-19)18-24(25)21-15-9-4-10-16-21;2*1-19-24(21-13-7-3-8-14-21)17-23(20-11-5-2-6-12-20)18-25(19)22-15-9-4-10-16-22;1-16-4-10-19(11-5-16)24(20-12-6-17(22-2)7-13-20)21-14-8-18(23-3)9-15-21;2*1-4-10-16(11-5-1)19(17-12-6-2-7-13-17)18-14-8-3-9-15-18/h17-21H,2-16H2,1H3;2*17-18,20-22H,2-16H2,1H3;4-15H,1-3H3;2*1-15H/q;;;3*+1. The Kier molecular flexibility index (Phi) is 42.4. The van der Waals surface area contributed by atoms with E-state index in [1.54, 1.807) is 58.7 Å². The molecule has 9 aliphatic rings. The normalized spacial score (nSPS) is 18.1. The van der Waals surface area contributed by atoms with Crippen molar-refractivity contribution in [3.63, 3.8) is 0 Å². The zero-order chi connectivity index (χ0) is 105. The first-order valence-corrected chi connectivity index (χ1v) is 62.5. The lowest BCUT2D eigenvalue weighted by Gasteiger charge is -2.33. The number of ether oxygens (including phenoxy) is 2. The van der Waals surface area contributed by atoms with Gasteiger partial charge in [-0.1, -0.05) is 337 Å². The van der Waals surface area contributed by atoms with Crippen molar-refractivity contribution in [1.82, 2.24) is 0 Å². The highest BCUT2D eigenvalue weighted by Crippen LogP contribution is 2.55. The quantitative estimate of drug-likeness (QED) is 0.0324. The van der Waals surface area contributed by atoms with Gasteiger partial charge in [0.2, 0.25) is 0 Å². The van der Waals surface area contributed by atoms with Crippen LogP contribution in [0.2, 0.25) is 0 Å². The van der Waals surface area contributed by atoms with Gasteiger partial charge in [0.1, 0.15) is 17.2 Å². The molecule has 21 rings (SSSR count). The number of benzene rings is 12. The van der Waals surface area contributed by atoms with Crippen LogP contribution >= 0.6 is 0 Å². The molecule has 9 fully saturated rings. The number of hydrogen-bond acceptors (Lipinski definition) is 5. The van der Waals surface area contributed by atoms with Crippen LogP contribution in [0.3, 0.4) is 0 Å². The summed E-state index contributed by atoms with van der Waals surface area (Å²) >= 11 is 0. The maximum absolute atomic E-state index is 14.7. The predicted octanol–water partition coefficient (Wildman–Crippen LogP) is 40.4. The van der Waals surface area contributed by atoms with E-state index in [1.165, 1.54) is 242 Å². The van der Waals surface area contributed by atoms with E-state index >= 15 is 0 Å². The van der Waals surface area contributed by atoms with Gasteiger partial charge in [-0.2, -0.15) is 34.8 Å². The number of rotatable bonds is 25. The van der Waals surface area contributed by atoms with Gasteiger partial charge in [0.05, 0.1) is 46.9 Å². The Labute approximate surface area is 904 Å². The van der Waals surface area contributed by atoms with Gasteiger partial charge in [-0.05, 0) is 384 Å². The molecular weight excluding hydrogens is 1940 g/mol. The van der Waals surface area contributed by atoms with E-state index in [0.717, 1.165) is 123 Å². The van der Waals surface area contributed by atoms with Crippen molar-refractivity contribution < 1.29 is 48.4 Å². The van der Waals surface area contributed by atoms with Crippen molar-refractivity contribution in [3.05, 3.63) is 358 Å².